The largest absolute Gasteiger partial charge is 0.508 e. The number of phenolic OH excluding ortho intramolecular Hbond substituents is 3. The van der Waals surface area contributed by atoms with Gasteiger partial charge in [0, 0.05) is 12.1 Å². The molecule has 15 heteroatoms. The molecule has 0 saturated carbocycles. The Bertz CT molecular complexity index is 1270. The van der Waals surface area contributed by atoms with Gasteiger partial charge in [-0.25, -0.2) is 0 Å². The van der Waals surface area contributed by atoms with Crippen LogP contribution in [-0.2, 0) is 18.9 Å². The van der Waals surface area contributed by atoms with Crippen molar-refractivity contribution in [1.82, 2.24) is 0 Å². The van der Waals surface area contributed by atoms with Crippen LogP contribution in [0.5, 0.6) is 23.0 Å². The normalized spacial score (nSPS) is 38.5. The zero-order valence-electron chi connectivity index (χ0n) is 22.1. The number of Topliss-reactive ketones (excluding diaryl/α,β-unsaturated/α-hetero) is 1. The second-order valence-corrected chi connectivity index (χ2v) is 10.4. The Labute approximate surface area is 238 Å². The Morgan fingerprint density at radius 3 is 2.10 bits per heavy atom. The maximum atomic E-state index is 13.6. The second kappa shape index (κ2) is 11.9. The highest BCUT2D eigenvalue weighted by Gasteiger charge is 2.50. The Balaban J connectivity index is 1.38. The highest BCUT2D eigenvalue weighted by atomic mass is 16.7. The van der Waals surface area contributed by atoms with Crippen molar-refractivity contribution in [3.63, 3.8) is 0 Å². The van der Waals surface area contributed by atoms with Crippen molar-refractivity contribution in [2.45, 2.75) is 80.5 Å². The van der Waals surface area contributed by atoms with Gasteiger partial charge in [0.15, 0.2) is 24.8 Å². The smallest absolute Gasteiger partial charge is 0.203 e. The predicted molar refractivity (Wildman–Crippen MR) is 135 cm³/mol. The number of aliphatic hydroxyl groups is 6. The van der Waals surface area contributed by atoms with E-state index in [4.69, 9.17) is 23.7 Å². The van der Waals surface area contributed by atoms with Crippen LogP contribution in [-0.4, -0.2) is 126 Å². The van der Waals surface area contributed by atoms with Gasteiger partial charge in [0.05, 0.1) is 12.7 Å². The summed E-state index contributed by atoms with van der Waals surface area (Å²) < 4.78 is 28.2. The Hall–Kier alpha value is -3.09. The van der Waals surface area contributed by atoms with Crippen LogP contribution in [0.1, 0.15) is 28.9 Å². The molecule has 9 N–H and O–H groups in total. The molecule has 2 aromatic carbocycles. The van der Waals surface area contributed by atoms with Crippen molar-refractivity contribution >= 4 is 5.78 Å². The zero-order valence-corrected chi connectivity index (χ0v) is 22.1. The number of ether oxygens (including phenoxy) is 5. The minimum Gasteiger partial charge on any atom is -0.508 e. The number of benzene rings is 2. The average Bonchev–Trinajstić information content (AvgIpc) is 2.95. The first-order chi connectivity index (χ1) is 19.9. The number of phenols is 3. The molecule has 12 unspecified atom stereocenters. The van der Waals surface area contributed by atoms with Crippen molar-refractivity contribution in [1.29, 1.82) is 0 Å². The van der Waals surface area contributed by atoms with Gasteiger partial charge in [-0.15, -0.1) is 0 Å². The molecular formula is C27H32O15. The molecule has 12 atom stereocenters. The molecule has 3 heterocycles. The minimum absolute atomic E-state index is 0.0801. The van der Waals surface area contributed by atoms with Crippen molar-refractivity contribution < 1.29 is 74.4 Å². The number of hydrogen-bond acceptors (Lipinski definition) is 15. The first kappa shape index (κ1) is 30.4. The van der Waals surface area contributed by atoms with Crippen LogP contribution in [0.3, 0.4) is 0 Å². The summed E-state index contributed by atoms with van der Waals surface area (Å²) in [5.41, 5.74) is 0.000548. The summed E-state index contributed by atoms with van der Waals surface area (Å²) in [6, 6.07) is 7.57. The number of aliphatic hydroxyl groups excluding tert-OH is 6. The molecule has 0 spiro atoms. The van der Waals surface area contributed by atoms with Crippen LogP contribution in [0.15, 0.2) is 36.4 Å². The maximum absolute atomic E-state index is 13.6. The lowest BCUT2D eigenvalue weighted by molar-refractivity contribution is -0.333. The summed E-state index contributed by atoms with van der Waals surface area (Å²) in [5.74, 6) is -2.04. The van der Waals surface area contributed by atoms with Crippen LogP contribution >= 0.6 is 0 Å². The predicted octanol–water partition coefficient (Wildman–Crippen LogP) is -1.84. The summed E-state index contributed by atoms with van der Waals surface area (Å²) >= 11 is 0. The molecule has 230 valence electrons. The molecule has 15 nitrogen and oxygen atoms in total. The van der Waals surface area contributed by atoms with Crippen LogP contribution in [0, 0.1) is 0 Å². The van der Waals surface area contributed by atoms with Gasteiger partial charge in [0.1, 0.15) is 71.3 Å². The molecular weight excluding hydrogens is 564 g/mol. The fraction of sp³-hybridized carbons (Fsp3) is 0.519. The van der Waals surface area contributed by atoms with E-state index >= 15 is 0 Å². The van der Waals surface area contributed by atoms with E-state index in [2.05, 4.69) is 0 Å². The van der Waals surface area contributed by atoms with E-state index in [0.717, 1.165) is 12.1 Å². The van der Waals surface area contributed by atoms with E-state index in [1.165, 1.54) is 31.2 Å². The van der Waals surface area contributed by atoms with Crippen LogP contribution in [0.4, 0.5) is 0 Å². The number of ketones is 1. The molecule has 0 amide bonds. The van der Waals surface area contributed by atoms with E-state index in [1.807, 2.05) is 0 Å². The fourth-order valence-corrected chi connectivity index (χ4v) is 5.10. The van der Waals surface area contributed by atoms with E-state index in [-0.39, 0.29) is 22.8 Å². The van der Waals surface area contributed by atoms with Crippen molar-refractivity contribution in [2.24, 2.45) is 0 Å². The number of carbonyl (C=O) groups excluding carboxylic acids is 1. The molecule has 2 fully saturated rings. The van der Waals surface area contributed by atoms with Gasteiger partial charge in [-0.1, -0.05) is 12.1 Å². The van der Waals surface area contributed by atoms with Gasteiger partial charge in [0.25, 0.3) is 0 Å². The molecule has 2 aromatic rings. The third-order valence-electron chi connectivity index (χ3n) is 7.50. The van der Waals surface area contributed by atoms with Gasteiger partial charge in [-0.3, -0.25) is 4.79 Å². The van der Waals surface area contributed by atoms with Crippen LogP contribution < -0.4 is 4.74 Å². The molecule has 3 aliphatic rings. The molecule has 3 aliphatic heterocycles. The Morgan fingerprint density at radius 2 is 1.40 bits per heavy atom. The van der Waals surface area contributed by atoms with Crippen LogP contribution in [0.2, 0.25) is 0 Å². The fourth-order valence-electron chi connectivity index (χ4n) is 5.10. The van der Waals surface area contributed by atoms with Crippen molar-refractivity contribution in [3.05, 3.63) is 47.5 Å². The summed E-state index contributed by atoms with van der Waals surface area (Å²) in [4.78, 5) is 13.6. The van der Waals surface area contributed by atoms with Gasteiger partial charge in [0.2, 0.25) is 5.78 Å². The van der Waals surface area contributed by atoms with Gasteiger partial charge < -0.3 is 69.6 Å². The van der Waals surface area contributed by atoms with Crippen molar-refractivity contribution in [2.75, 3.05) is 6.61 Å². The third kappa shape index (κ3) is 5.63. The van der Waals surface area contributed by atoms with Crippen LogP contribution in [0.25, 0.3) is 0 Å². The second-order valence-electron chi connectivity index (χ2n) is 10.4. The first-order valence-corrected chi connectivity index (χ1v) is 13.1. The number of hydrogen-bond donors (Lipinski definition) is 9. The first-order valence-electron chi connectivity index (χ1n) is 13.1. The summed E-state index contributed by atoms with van der Waals surface area (Å²) in [6.07, 6.45) is -18.5. The molecule has 0 bridgehead atoms. The Kier molecular flexibility index (Phi) is 8.60. The van der Waals surface area contributed by atoms with Gasteiger partial charge >= 0.3 is 0 Å². The highest BCUT2D eigenvalue weighted by molar-refractivity contribution is 6.05. The lowest BCUT2D eigenvalue weighted by Gasteiger charge is -2.44. The molecule has 5 rings (SSSR count). The molecule has 2 saturated heterocycles. The third-order valence-corrected chi connectivity index (χ3v) is 7.50. The van der Waals surface area contributed by atoms with Crippen molar-refractivity contribution in [3.8, 4) is 23.0 Å². The van der Waals surface area contributed by atoms with E-state index in [1.54, 1.807) is 0 Å². The monoisotopic (exact) mass is 596 g/mol. The average molecular weight is 597 g/mol. The molecule has 0 radical (unpaired) electrons. The topological polar surface area (TPSA) is 245 Å². The highest BCUT2D eigenvalue weighted by Crippen LogP contribution is 2.43. The zero-order chi connectivity index (χ0) is 30.5. The lowest BCUT2D eigenvalue weighted by Crippen LogP contribution is -2.62. The van der Waals surface area contributed by atoms with Gasteiger partial charge in [-0.2, -0.15) is 0 Å². The summed E-state index contributed by atoms with van der Waals surface area (Å²) in [6.45, 7) is 0.888. The number of carbonyl (C=O) groups is 1. The van der Waals surface area contributed by atoms with E-state index in [0.29, 0.717) is 5.56 Å². The lowest BCUT2D eigenvalue weighted by atomic mass is 9.92. The van der Waals surface area contributed by atoms with E-state index in [9.17, 15) is 50.8 Å². The SMILES string of the molecule is CC1OC(OCC2OC(OC3C(=O)c4c(O)cc(O)cc4OC3c3ccc(O)cc3)C(O)C(O)C2O)C(O)C(O)C1O. The standard InChI is InChI=1S/C27H32O15/c1-9-17(31)20(34)22(36)26(39-9)38-8-15-18(32)21(35)23(37)27(41-15)42-25-19(33)16-13(30)6-12(29)7-14(16)40-24(25)10-2-4-11(28)5-3-10/h2-7,9,15,17-18,20-32,34-37H,8H2,1H3. The van der Waals surface area contributed by atoms with Gasteiger partial charge in [-0.05, 0) is 24.6 Å². The maximum Gasteiger partial charge on any atom is 0.203 e. The summed E-state index contributed by atoms with van der Waals surface area (Å²) in [5, 5.41) is 91.9. The minimum atomic E-state index is -1.88. The number of rotatable bonds is 6. The quantitative estimate of drug-likeness (QED) is 0.178. The molecule has 0 aliphatic carbocycles. The van der Waals surface area contributed by atoms with E-state index < -0.39 is 91.8 Å². The number of fused-ring (bicyclic) bond motifs is 1. The molecule has 0 aromatic heterocycles. The Morgan fingerprint density at radius 1 is 0.762 bits per heavy atom. The number of aromatic hydroxyl groups is 3. The summed E-state index contributed by atoms with van der Waals surface area (Å²) in [7, 11) is 0. The molecule has 42 heavy (non-hydrogen) atoms.